The molecule has 3 rings (SSSR count). The summed E-state index contributed by atoms with van der Waals surface area (Å²) in [5.41, 5.74) is 2.19. The summed E-state index contributed by atoms with van der Waals surface area (Å²) in [6.07, 6.45) is 0.477. The zero-order valence-corrected chi connectivity index (χ0v) is 13.2. The van der Waals surface area contributed by atoms with Gasteiger partial charge in [0.2, 0.25) is 0 Å². The van der Waals surface area contributed by atoms with Gasteiger partial charge in [0.25, 0.3) is 0 Å². The lowest BCUT2D eigenvalue weighted by Gasteiger charge is -2.15. The van der Waals surface area contributed by atoms with Crippen molar-refractivity contribution in [3.05, 3.63) is 63.9 Å². The predicted molar refractivity (Wildman–Crippen MR) is 90.0 cm³/mol. The predicted octanol–water partition coefficient (Wildman–Crippen LogP) is 3.49. The van der Waals surface area contributed by atoms with E-state index in [4.69, 9.17) is 9.52 Å². The second kappa shape index (κ2) is 6.16. The minimum Gasteiger partial charge on any atom is -0.465 e. The van der Waals surface area contributed by atoms with Crippen molar-refractivity contribution in [2.75, 3.05) is 0 Å². The Kier molecular flexibility index (Phi) is 4.04. The van der Waals surface area contributed by atoms with Crippen LogP contribution in [0, 0.1) is 6.92 Å². The minimum absolute atomic E-state index is 0.190. The number of nitrogens with one attached hydrogen (secondary N) is 1. The molecule has 0 bridgehead atoms. The number of pyridine rings is 1. The lowest BCUT2D eigenvalue weighted by Crippen LogP contribution is -2.25. The molecule has 24 heavy (non-hydrogen) atoms. The van der Waals surface area contributed by atoms with Crippen LogP contribution in [0.4, 0.5) is 4.79 Å². The van der Waals surface area contributed by atoms with E-state index in [2.05, 4.69) is 10.3 Å². The molecule has 1 aromatic carbocycles. The lowest BCUT2D eigenvalue weighted by molar-refractivity contribution is 0.191. The molecule has 1 unspecified atom stereocenters. The Labute approximate surface area is 137 Å². The first-order valence-corrected chi connectivity index (χ1v) is 7.45. The van der Waals surface area contributed by atoms with E-state index in [9.17, 15) is 9.59 Å². The van der Waals surface area contributed by atoms with Gasteiger partial charge < -0.3 is 14.8 Å². The number of benzene rings is 1. The molecule has 122 valence electrons. The number of rotatable bonds is 3. The fourth-order valence-corrected chi connectivity index (χ4v) is 2.65. The summed E-state index contributed by atoms with van der Waals surface area (Å²) < 4.78 is 5.92. The number of amides is 1. The van der Waals surface area contributed by atoms with E-state index >= 15 is 0 Å². The van der Waals surface area contributed by atoms with Crippen LogP contribution < -0.4 is 10.7 Å². The largest absolute Gasteiger partial charge is 0.465 e. The molecule has 0 radical (unpaired) electrons. The van der Waals surface area contributed by atoms with E-state index in [0.717, 1.165) is 5.56 Å². The van der Waals surface area contributed by atoms with Crippen molar-refractivity contribution < 1.29 is 14.3 Å². The summed E-state index contributed by atoms with van der Waals surface area (Å²) in [5.74, 6) is 0.348. The average Bonchev–Trinajstić information content (AvgIpc) is 2.55. The van der Waals surface area contributed by atoms with Gasteiger partial charge in [-0.2, -0.15) is 0 Å². The molecule has 1 atom stereocenters. The normalized spacial score (nSPS) is 12.1. The highest BCUT2D eigenvalue weighted by Gasteiger charge is 2.17. The van der Waals surface area contributed by atoms with Gasteiger partial charge in [-0.3, -0.25) is 9.78 Å². The average molecular weight is 324 g/mol. The summed E-state index contributed by atoms with van der Waals surface area (Å²) >= 11 is 0. The highest BCUT2D eigenvalue weighted by Crippen LogP contribution is 2.28. The summed E-state index contributed by atoms with van der Waals surface area (Å²) in [4.78, 5) is 27.6. The Morgan fingerprint density at radius 2 is 2.08 bits per heavy atom. The molecule has 0 saturated heterocycles. The SMILES string of the molecule is Cc1cc(C(C)NC(=O)O)c2oc(-c3ccccn3)cc(=O)c2c1. The van der Waals surface area contributed by atoms with Crippen molar-refractivity contribution in [1.82, 2.24) is 10.3 Å². The Balaban J connectivity index is 2.26. The van der Waals surface area contributed by atoms with Crippen LogP contribution in [0.2, 0.25) is 0 Å². The monoisotopic (exact) mass is 324 g/mol. The molecule has 6 heteroatoms. The highest BCUT2D eigenvalue weighted by atomic mass is 16.4. The quantitative estimate of drug-likeness (QED) is 0.769. The Morgan fingerprint density at radius 3 is 2.75 bits per heavy atom. The van der Waals surface area contributed by atoms with E-state index in [1.54, 1.807) is 37.4 Å². The molecule has 0 aliphatic rings. The van der Waals surface area contributed by atoms with Crippen LogP contribution in [0.25, 0.3) is 22.4 Å². The molecular weight excluding hydrogens is 308 g/mol. The van der Waals surface area contributed by atoms with Crippen molar-refractivity contribution in [3.8, 4) is 11.5 Å². The maximum atomic E-state index is 12.5. The molecule has 6 nitrogen and oxygen atoms in total. The third-order valence-corrected chi connectivity index (χ3v) is 3.73. The summed E-state index contributed by atoms with van der Waals surface area (Å²) in [6.45, 7) is 3.55. The molecule has 3 aromatic rings. The van der Waals surface area contributed by atoms with E-state index < -0.39 is 12.1 Å². The Hall–Kier alpha value is -3.15. The number of hydrogen-bond acceptors (Lipinski definition) is 4. The van der Waals surface area contributed by atoms with Crippen molar-refractivity contribution in [2.24, 2.45) is 0 Å². The number of aryl methyl sites for hydroxylation is 1. The number of fused-ring (bicyclic) bond motifs is 1. The molecule has 2 heterocycles. The van der Waals surface area contributed by atoms with E-state index in [0.29, 0.717) is 28.0 Å². The molecule has 1 amide bonds. The number of aromatic nitrogens is 1. The van der Waals surface area contributed by atoms with Crippen molar-refractivity contribution >= 4 is 17.1 Å². The van der Waals surface area contributed by atoms with Gasteiger partial charge in [-0.15, -0.1) is 0 Å². The van der Waals surface area contributed by atoms with Gasteiger partial charge in [-0.05, 0) is 37.6 Å². The fraction of sp³-hybridized carbons (Fsp3) is 0.167. The van der Waals surface area contributed by atoms with Crippen molar-refractivity contribution in [2.45, 2.75) is 19.9 Å². The number of hydrogen-bond donors (Lipinski definition) is 2. The lowest BCUT2D eigenvalue weighted by atomic mass is 10.0. The van der Waals surface area contributed by atoms with Gasteiger partial charge in [0.15, 0.2) is 11.2 Å². The molecule has 2 N–H and O–H groups in total. The van der Waals surface area contributed by atoms with Crippen molar-refractivity contribution in [3.63, 3.8) is 0 Å². The summed E-state index contributed by atoms with van der Waals surface area (Å²) in [7, 11) is 0. The van der Waals surface area contributed by atoms with Gasteiger partial charge in [-0.1, -0.05) is 12.1 Å². The standard InChI is InChI=1S/C18H16N2O4/c1-10-7-12(11(2)20-18(22)23)17-13(8-10)15(21)9-16(24-17)14-5-3-4-6-19-14/h3-9,11,20H,1-2H3,(H,22,23). The Bertz CT molecular complexity index is 964. The molecular formula is C18H16N2O4. The second-order valence-electron chi connectivity index (χ2n) is 5.59. The van der Waals surface area contributed by atoms with Gasteiger partial charge >= 0.3 is 6.09 Å². The van der Waals surface area contributed by atoms with E-state index in [-0.39, 0.29) is 5.43 Å². The number of carboxylic acid groups (broad SMARTS) is 1. The van der Waals surface area contributed by atoms with Gasteiger partial charge in [0.1, 0.15) is 11.3 Å². The maximum absolute atomic E-state index is 12.5. The highest BCUT2D eigenvalue weighted by molar-refractivity contribution is 5.83. The molecule has 2 aromatic heterocycles. The number of carbonyl (C=O) groups is 1. The first-order valence-electron chi connectivity index (χ1n) is 7.45. The summed E-state index contributed by atoms with van der Waals surface area (Å²) in [5, 5.41) is 11.8. The fourth-order valence-electron chi connectivity index (χ4n) is 2.65. The molecule has 0 spiro atoms. The zero-order chi connectivity index (χ0) is 17.3. The van der Waals surface area contributed by atoms with Gasteiger partial charge in [0.05, 0.1) is 11.4 Å². The topological polar surface area (TPSA) is 92.4 Å². The second-order valence-corrected chi connectivity index (χ2v) is 5.59. The van der Waals surface area contributed by atoms with Crippen LogP contribution in [0.15, 0.2) is 51.8 Å². The third kappa shape index (κ3) is 2.99. The first-order chi connectivity index (χ1) is 11.5. The van der Waals surface area contributed by atoms with Crippen LogP contribution >= 0.6 is 0 Å². The van der Waals surface area contributed by atoms with Crippen LogP contribution in [0.1, 0.15) is 24.1 Å². The van der Waals surface area contributed by atoms with Crippen LogP contribution in [0.3, 0.4) is 0 Å². The van der Waals surface area contributed by atoms with E-state index in [1.165, 1.54) is 6.07 Å². The van der Waals surface area contributed by atoms with Gasteiger partial charge in [0, 0.05) is 17.8 Å². The maximum Gasteiger partial charge on any atom is 0.405 e. The zero-order valence-electron chi connectivity index (χ0n) is 13.2. The van der Waals surface area contributed by atoms with Crippen LogP contribution in [-0.2, 0) is 0 Å². The smallest absolute Gasteiger partial charge is 0.405 e. The summed E-state index contributed by atoms with van der Waals surface area (Å²) in [6, 6.07) is 9.76. The van der Waals surface area contributed by atoms with Gasteiger partial charge in [-0.25, -0.2) is 4.79 Å². The molecule has 0 fully saturated rings. The molecule has 0 aliphatic heterocycles. The third-order valence-electron chi connectivity index (χ3n) is 3.73. The van der Waals surface area contributed by atoms with E-state index in [1.807, 2.05) is 13.0 Å². The molecule has 0 saturated carbocycles. The molecule has 0 aliphatic carbocycles. The Morgan fingerprint density at radius 1 is 1.29 bits per heavy atom. The van der Waals surface area contributed by atoms with Crippen LogP contribution in [0.5, 0.6) is 0 Å². The first kappa shape index (κ1) is 15.7. The minimum atomic E-state index is -1.14. The van der Waals surface area contributed by atoms with Crippen molar-refractivity contribution in [1.29, 1.82) is 0 Å². The van der Waals surface area contributed by atoms with Crippen LogP contribution in [-0.4, -0.2) is 16.2 Å². The number of nitrogens with zero attached hydrogens (tertiary/aromatic N) is 1.